The molecule has 58 heavy (non-hydrogen) atoms. The van der Waals surface area contributed by atoms with Gasteiger partial charge in [0, 0.05) is 21.9 Å². The Balaban J connectivity index is 1.87. The monoisotopic (exact) mass is 810 g/mol. The number of oxazole rings is 2. The number of nitrogens with zero attached hydrogens (tertiary/aromatic N) is 6. The molecule has 7 aromatic rings. The molecule has 2 aromatic heterocycles. The highest BCUT2D eigenvalue weighted by Crippen LogP contribution is 2.53. The molecule has 0 aliphatic rings. The Morgan fingerprint density at radius 3 is 1.10 bits per heavy atom. The number of alkyl halides is 12. The van der Waals surface area contributed by atoms with E-state index < -0.39 is 124 Å². The molecule has 0 atom stereocenters. The summed E-state index contributed by atoms with van der Waals surface area (Å²) in [5.74, 6) is 0. The van der Waals surface area contributed by atoms with Gasteiger partial charge in [-0.25, -0.2) is 9.97 Å². The van der Waals surface area contributed by atoms with Crippen molar-refractivity contribution in [2.45, 2.75) is 24.7 Å². The van der Waals surface area contributed by atoms with Gasteiger partial charge in [0.05, 0.1) is 22.3 Å². The Kier molecular flexibility index (Phi) is 8.67. The highest BCUT2D eigenvalue weighted by molar-refractivity contribution is 6.30. The maximum Gasteiger partial charge on any atom is 0.417 e. The van der Waals surface area contributed by atoms with Gasteiger partial charge in [0.15, 0.2) is 22.3 Å². The zero-order valence-corrected chi connectivity index (χ0v) is 27.8. The fraction of sp³-hybridized carbons (Fsp3) is 0.105. The first-order chi connectivity index (χ1) is 27.1. The van der Waals surface area contributed by atoms with Crippen LogP contribution in [-0.2, 0) is 24.7 Å². The van der Waals surface area contributed by atoms with Gasteiger partial charge in [0.1, 0.15) is 35.3 Å². The molecule has 288 valence electrons. The Labute approximate surface area is 312 Å². The zero-order valence-electron chi connectivity index (χ0n) is 27.8. The van der Waals surface area contributed by atoms with Gasteiger partial charge in [-0.05, 0) is 58.3 Å². The second-order valence-corrected chi connectivity index (χ2v) is 12.2. The first-order valence-electron chi connectivity index (χ1n) is 15.7. The molecule has 0 bridgehead atoms. The number of nitriles is 4. The maximum atomic E-state index is 14.9. The van der Waals surface area contributed by atoms with Gasteiger partial charge in [0.2, 0.25) is 11.1 Å². The molecule has 5 aromatic carbocycles. The number of hydrogen-bond acceptors (Lipinski definition) is 8. The first-order valence-corrected chi connectivity index (χ1v) is 15.7. The van der Waals surface area contributed by atoms with Crippen molar-refractivity contribution < 1.29 is 61.5 Å². The summed E-state index contributed by atoms with van der Waals surface area (Å²) >= 11 is 0. The number of halogens is 12. The van der Waals surface area contributed by atoms with E-state index in [1.807, 2.05) is 0 Å². The summed E-state index contributed by atoms with van der Waals surface area (Å²) in [5.41, 5.74) is -15.6. The molecule has 7 rings (SSSR count). The van der Waals surface area contributed by atoms with Gasteiger partial charge >= 0.3 is 24.7 Å². The van der Waals surface area contributed by atoms with Crippen LogP contribution in [0, 0.1) is 45.3 Å². The molecule has 0 amide bonds. The quantitative estimate of drug-likeness (QED) is 0.124. The largest absolute Gasteiger partial charge is 0.434 e. The molecule has 0 saturated carbocycles. The summed E-state index contributed by atoms with van der Waals surface area (Å²) in [6.07, 6.45) is -21.8. The number of aromatic nitrogens is 2. The van der Waals surface area contributed by atoms with E-state index in [-0.39, 0.29) is 23.2 Å². The number of hydrogen-bond donors (Lipinski definition) is 0. The van der Waals surface area contributed by atoms with Crippen molar-refractivity contribution in [3.05, 3.63) is 94.0 Å². The molecule has 0 fully saturated rings. The molecule has 0 N–H and O–H groups in total. The van der Waals surface area contributed by atoms with Crippen molar-refractivity contribution in [1.82, 2.24) is 9.97 Å². The van der Waals surface area contributed by atoms with Crippen LogP contribution in [-0.4, -0.2) is 9.97 Å². The van der Waals surface area contributed by atoms with Crippen molar-refractivity contribution in [3.8, 4) is 46.5 Å². The first kappa shape index (κ1) is 38.7. The third-order valence-corrected chi connectivity index (χ3v) is 8.87. The summed E-state index contributed by atoms with van der Waals surface area (Å²) in [6, 6.07) is 11.0. The highest BCUT2D eigenvalue weighted by atomic mass is 19.4. The van der Waals surface area contributed by atoms with E-state index in [4.69, 9.17) is 8.83 Å². The lowest BCUT2D eigenvalue weighted by molar-refractivity contribution is -0.144. The van der Waals surface area contributed by atoms with E-state index in [1.54, 1.807) is 0 Å². The summed E-state index contributed by atoms with van der Waals surface area (Å²) in [5, 5.41) is 35.7. The Morgan fingerprint density at radius 1 is 0.466 bits per heavy atom. The van der Waals surface area contributed by atoms with Gasteiger partial charge < -0.3 is 8.83 Å². The summed E-state index contributed by atoms with van der Waals surface area (Å²) < 4.78 is 184. The minimum Gasteiger partial charge on any atom is -0.434 e. The van der Waals surface area contributed by atoms with Crippen LogP contribution in [0.2, 0.25) is 0 Å². The number of fused-ring (bicyclic) bond motifs is 6. The topological polar surface area (TPSA) is 147 Å². The lowest BCUT2D eigenvalue weighted by Crippen LogP contribution is -2.13. The molecule has 20 heteroatoms. The van der Waals surface area contributed by atoms with Gasteiger partial charge in [-0.1, -0.05) is 24.3 Å². The second-order valence-electron chi connectivity index (χ2n) is 12.2. The molecule has 8 nitrogen and oxygen atoms in total. The SMILES string of the molecule is N#CC(C#N)=c1nc2ccc3c(-c4ccc(C(F)(F)F)cc4C(F)(F)F)c4c(ccc5nc(=C(C#N)C#N)oc54)c(-c4ccc(C(F)(F)F)cc4C(F)(F)F)c3c2o1. The second kappa shape index (κ2) is 13.0. The van der Waals surface area contributed by atoms with Gasteiger partial charge in [0.25, 0.3) is 0 Å². The predicted molar refractivity (Wildman–Crippen MR) is 176 cm³/mol. The lowest BCUT2D eigenvalue weighted by atomic mass is 9.82. The fourth-order valence-corrected chi connectivity index (χ4v) is 6.53. The molecule has 0 spiro atoms. The molecular weight excluding hydrogens is 800 g/mol. The van der Waals surface area contributed by atoms with E-state index in [1.165, 1.54) is 24.3 Å². The normalized spacial score (nSPS) is 12.4. The van der Waals surface area contributed by atoms with Crippen LogP contribution in [0.1, 0.15) is 22.3 Å². The van der Waals surface area contributed by atoms with Crippen molar-refractivity contribution in [2.75, 3.05) is 0 Å². The van der Waals surface area contributed by atoms with Crippen LogP contribution >= 0.6 is 0 Å². The zero-order chi connectivity index (χ0) is 42.3. The lowest BCUT2D eigenvalue weighted by Gasteiger charge is -2.23. The van der Waals surface area contributed by atoms with E-state index >= 15 is 0 Å². The highest BCUT2D eigenvalue weighted by Gasteiger charge is 2.42. The van der Waals surface area contributed by atoms with E-state index in [0.29, 0.717) is 24.3 Å². The molecule has 0 aliphatic carbocycles. The van der Waals surface area contributed by atoms with E-state index in [0.717, 1.165) is 24.3 Å². The number of rotatable bonds is 2. The Hall–Kier alpha value is -7.58. The van der Waals surface area contributed by atoms with E-state index in [9.17, 15) is 73.7 Å². The van der Waals surface area contributed by atoms with Crippen LogP contribution in [0.15, 0.2) is 69.5 Å². The fourth-order valence-electron chi connectivity index (χ4n) is 6.53. The minimum atomic E-state index is -5.57. The summed E-state index contributed by atoms with van der Waals surface area (Å²) in [6.45, 7) is 0. The predicted octanol–water partition coefficient (Wildman–Crippen LogP) is 10.1. The van der Waals surface area contributed by atoms with Crippen LogP contribution < -0.4 is 11.1 Å². The molecule has 0 radical (unpaired) electrons. The molecule has 0 saturated heterocycles. The Bertz CT molecular complexity index is 2980. The van der Waals surface area contributed by atoms with Gasteiger partial charge in [-0.2, -0.15) is 73.7 Å². The van der Waals surface area contributed by atoms with E-state index in [2.05, 4.69) is 9.97 Å². The molecule has 2 heterocycles. The Morgan fingerprint density at radius 2 is 0.810 bits per heavy atom. The van der Waals surface area contributed by atoms with Crippen molar-refractivity contribution in [3.63, 3.8) is 0 Å². The number of benzene rings is 5. The van der Waals surface area contributed by atoms with Crippen LogP contribution in [0.25, 0.3) is 77.1 Å². The molecule has 0 aliphatic heterocycles. The van der Waals surface area contributed by atoms with Crippen molar-refractivity contribution in [2.24, 2.45) is 0 Å². The van der Waals surface area contributed by atoms with Crippen molar-refractivity contribution in [1.29, 1.82) is 21.0 Å². The summed E-state index contributed by atoms with van der Waals surface area (Å²) in [4.78, 5) is 8.02. The van der Waals surface area contributed by atoms with Gasteiger partial charge in [-0.3, -0.25) is 0 Å². The average molecular weight is 811 g/mol. The van der Waals surface area contributed by atoms with Crippen LogP contribution in [0.3, 0.4) is 0 Å². The maximum absolute atomic E-state index is 14.9. The third kappa shape index (κ3) is 6.21. The smallest absolute Gasteiger partial charge is 0.417 e. The van der Waals surface area contributed by atoms with Crippen LogP contribution in [0.4, 0.5) is 52.7 Å². The van der Waals surface area contributed by atoms with Crippen LogP contribution in [0.5, 0.6) is 0 Å². The standard InChI is InChI=1S/C38H10F12N6O2/c39-35(40,41)17-1-3-19(23(9-17)37(45,46)47)27-21-5-7-26-32(58-34(56-26)16(13-53)14-54)30(21)28(20-4-2-18(36(42,43)44)10-24(20)38(48,49)50)22-6-8-25-31(29(22)27)57-33(55-25)15(11-51)12-52/h1-10H. The average Bonchev–Trinajstić information content (AvgIpc) is 3.78. The molecule has 0 unspecified atom stereocenters. The molecular formula is C38H10F12N6O2. The van der Waals surface area contributed by atoms with Gasteiger partial charge in [-0.15, -0.1) is 0 Å². The third-order valence-electron chi connectivity index (χ3n) is 8.87. The van der Waals surface area contributed by atoms with Crippen molar-refractivity contribution >= 4 is 54.9 Å². The minimum absolute atomic E-state index is 0.214. The summed E-state index contributed by atoms with van der Waals surface area (Å²) in [7, 11) is 0.